The highest BCUT2D eigenvalue weighted by molar-refractivity contribution is 5.87. The summed E-state index contributed by atoms with van der Waals surface area (Å²) in [7, 11) is 0. The maximum Gasteiger partial charge on any atom is 0.333 e. The molecule has 3 unspecified atom stereocenters. The van der Waals surface area contributed by atoms with Crippen LogP contribution in [-0.4, -0.2) is 29.2 Å². The molecule has 1 amide bonds. The summed E-state index contributed by atoms with van der Waals surface area (Å²) in [4.78, 5) is 23.7. The van der Waals surface area contributed by atoms with Gasteiger partial charge in [-0.3, -0.25) is 4.79 Å². The Morgan fingerprint density at radius 3 is 2.52 bits per heavy atom. The lowest BCUT2D eigenvalue weighted by Crippen LogP contribution is -2.49. The fourth-order valence-electron chi connectivity index (χ4n) is 2.76. The van der Waals surface area contributed by atoms with Gasteiger partial charge in [0.1, 0.15) is 5.82 Å². The summed E-state index contributed by atoms with van der Waals surface area (Å²) in [6.07, 6.45) is 2.93. The number of hydrogen-bond donors (Lipinski definition) is 2. The number of halogens is 1. The molecule has 0 saturated carbocycles. The van der Waals surface area contributed by atoms with Crippen molar-refractivity contribution in [1.82, 2.24) is 5.32 Å². The maximum atomic E-state index is 13.0. The zero-order valence-electron chi connectivity index (χ0n) is 13.3. The van der Waals surface area contributed by atoms with Crippen molar-refractivity contribution in [2.45, 2.75) is 57.3 Å². The predicted molar refractivity (Wildman–Crippen MR) is 82.3 cm³/mol. The standard InChI is InChI=1S/C17H22FNO4/c1-11-3-8-14(23-11)9-10-15(20)19-17(2,16(21)22)12-4-6-13(18)7-5-12/h4-7,11,14H,3,8-10H2,1-2H3,(H,19,20)(H,21,22). The van der Waals surface area contributed by atoms with Gasteiger partial charge in [-0.1, -0.05) is 12.1 Å². The summed E-state index contributed by atoms with van der Waals surface area (Å²) >= 11 is 0. The van der Waals surface area contributed by atoms with Crippen molar-refractivity contribution >= 4 is 11.9 Å². The largest absolute Gasteiger partial charge is 0.479 e. The molecule has 2 N–H and O–H groups in total. The van der Waals surface area contributed by atoms with Gasteiger partial charge in [0.25, 0.3) is 0 Å². The van der Waals surface area contributed by atoms with Crippen LogP contribution in [0.3, 0.4) is 0 Å². The smallest absolute Gasteiger partial charge is 0.333 e. The lowest BCUT2D eigenvalue weighted by Gasteiger charge is -2.27. The molecule has 1 heterocycles. The third-order valence-corrected chi connectivity index (χ3v) is 4.25. The lowest BCUT2D eigenvalue weighted by atomic mass is 9.91. The lowest BCUT2D eigenvalue weighted by molar-refractivity contribution is -0.147. The van der Waals surface area contributed by atoms with Gasteiger partial charge in [0.05, 0.1) is 12.2 Å². The highest BCUT2D eigenvalue weighted by atomic mass is 19.1. The Kier molecular flexibility index (Phi) is 5.36. The fraction of sp³-hybridized carbons (Fsp3) is 0.529. The summed E-state index contributed by atoms with van der Waals surface area (Å²) in [5.41, 5.74) is -1.26. The van der Waals surface area contributed by atoms with Gasteiger partial charge in [-0.2, -0.15) is 0 Å². The Bertz CT molecular complexity index is 574. The first kappa shape index (κ1) is 17.4. The molecular formula is C17H22FNO4. The van der Waals surface area contributed by atoms with Crippen molar-refractivity contribution in [3.8, 4) is 0 Å². The predicted octanol–water partition coefficient (Wildman–Crippen LogP) is 2.59. The van der Waals surface area contributed by atoms with Crippen LogP contribution in [0.5, 0.6) is 0 Å². The minimum absolute atomic E-state index is 0.0534. The van der Waals surface area contributed by atoms with Crippen molar-refractivity contribution in [3.05, 3.63) is 35.6 Å². The van der Waals surface area contributed by atoms with E-state index in [-0.39, 0.29) is 24.5 Å². The first-order valence-corrected chi connectivity index (χ1v) is 7.77. The first-order valence-electron chi connectivity index (χ1n) is 7.77. The molecule has 1 fully saturated rings. The molecule has 1 saturated heterocycles. The van der Waals surface area contributed by atoms with Gasteiger partial charge in [0.2, 0.25) is 5.91 Å². The van der Waals surface area contributed by atoms with Gasteiger partial charge < -0.3 is 15.2 Å². The third-order valence-electron chi connectivity index (χ3n) is 4.25. The number of benzene rings is 1. The van der Waals surface area contributed by atoms with E-state index in [2.05, 4.69) is 5.32 Å². The van der Waals surface area contributed by atoms with Crippen molar-refractivity contribution < 1.29 is 23.8 Å². The number of aliphatic carboxylic acids is 1. The van der Waals surface area contributed by atoms with E-state index in [9.17, 15) is 19.1 Å². The van der Waals surface area contributed by atoms with E-state index in [1.54, 1.807) is 0 Å². The first-order chi connectivity index (χ1) is 10.8. The number of carbonyl (C=O) groups excluding carboxylic acids is 1. The van der Waals surface area contributed by atoms with E-state index in [1.165, 1.54) is 31.2 Å². The Labute approximate surface area is 134 Å². The van der Waals surface area contributed by atoms with Crippen LogP contribution < -0.4 is 5.32 Å². The molecule has 3 atom stereocenters. The quantitative estimate of drug-likeness (QED) is 0.844. The molecule has 0 aliphatic carbocycles. The molecule has 1 aliphatic heterocycles. The van der Waals surface area contributed by atoms with Gasteiger partial charge in [-0.05, 0) is 50.8 Å². The summed E-state index contributed by atoms with van der Waals surface area (Å²) in [5, 5.41) is 12.0. The van der Waals surface area contributed by atoms with Gasteiger partial charge in [-0.25, -0.2) is 9.18 Å². The normalized spacial score (nSPS) is 23.3. The van der Waals surface area contributed by atoms with Crippen LogP contribution in [0.4, 0.5) is 4.39 Å². The van der Waals surface area contributed by atoms with E-state index in [0.717, 1.165) is 12.8 Å². The van der Waals surface area contributed by atoms with E-state index in [4.69, 9.17) is 4.74 Å². The molecule has 126 valence electrons. The van der Waals surface area contributed by atoms with E-state index < -0.39 is 17.3 Å². The van der Waals surface area contributed by atoms with Crippen molar-refractivity contribution in [2.75, 3.05) is 0 Å². The Morgan fingerprint density at radius 2 is 2.00 bits per heavy atom. The Balaban J connectivity index is 1.99. The summed E-state index contributed by atoms with van der Waals surface area (Å²) in [5.74, 6) is -2.01. The minimum atomic E-state index is -1.59. The second kappa shape index (κ2) is 7.08. The van der Waals surface area contributed by atoms with Crippen LogP contribution in [0.1, 0.15) is 45.1 Å². The highest BCUT2D eigenvalue weighted by Crippen LogP contribution is 2.24. The topological polar surface area (TPSA) is 75.6 Å². The van der Waals surface area contributed by atoms with Crippen LogP contribution in [0.25, 0.3) is 0 Å². The molecule has 1 aromatic carbocycles. The van der Waals surface area contributed by atoms with Crippen molar-refractivity contribution in [2.24, 2.45) is 0 Å². The molecule has 0 bridgehead atoms. The van der Waals surface area contributed by atoms with Gasteiger partial charge >= 0.3 is 5.97 Å². The van der Waals surface area contributed by atoms with Crippen LogP contribution in [-0.2, 0) is 19.9 Å². The number of amides is 1. The summed E-state index contributed by atoms with van der Waals surface area (Å²) < 4.78 is 18.7. The zero-order chi connectivity index (χ0) is 17.0. The summed E-state index contributed by atoms with van der Waals surface area (Å²) in [6.45, 7) is 3.39. The van der Waals surface area contributed by atoms with E-state index in [0.29, 0.717) is 12.0 Å². The van der Waals surface area contributed by atoms with Crippen LogP contribution in [0.15, 0.2) is 24.3 Å². The average molecular weight is 323 g/mol. The molecule has 1 aliphatic rings. The zero-order valence-corrected chi connectivity index (χ0v) is 13.3. The SMILES string of the molecule is CC1CCC(CCC(=O)NC(C)(C(=O)O)c2ccc(F)cc2)O1. The molecule has 0 radical (unpaired) electrons. The molecule has 0 spiro atoms. The van der Waals surface area contributed by atoms with Crippen molar-refractivity contribution in [3.63, 3.8) is 0 Å². The van der Waals surface area contributed by atoms with E-state index in [1.807, 2.05) is 6.92 Å². The third kappa shape index (κ3) is 4.28. The van der Waals surface area contributed by atoms with E-state index >= 15 is 0 Å². The maximum absolute atomic E-state index is 13.0. The number of carboxylic acids is 1. The van der Waals surface area contributed by atoms with Gasteiger partial charge in [-0.15, -0.1) is 0 Å². The minimum Gasteiger partial charge on any atom is -0.479 e. The molecule has 0 aromatic heterocycles. The number of ether oxygens (including phenoxy) is 1. The molecule has 2 rings (SSSR count). The summed E-state index contributed by atoms with van der Waals surface area (Å²) in [6, 6.07) is 5.09. The Hall–Kier alpha value is -1.95. The Morgan fingerprint density at radius 1 is 1.35 bits per heavy atom. The number of carboxylic acid groups (broad SMARTS) is 1. The highest BCUT2D eigenvalue weighted by Gasteiger charge is 2.37. The van der Waals surface area contributed by atoms with Crippen LogP contribution in [0, 0.1) is 5.82 Å². The fourth-order valence-corrected chi connectivity index (χ4v) is 2.76. The molecule has 6 heteroatoms. The van der Waals surface area contributed by atoms with Crippen LogP contribution >= 0.6 is 0 Å². The number of hydrogen-bond acceptors (Lipinski definition) is 3. The number of nitrogens with one attached hydrogen (secondary N) is 1. The second-order valence-electron chi connectivity index (χ2n) is 6.17. The number of carbonyl (C=O) groups is 2. The van der Waals surface area contributed by atoms with Gasteiger partial charge in [0.15, 0.2) is 5.54 Å². The molecular weight excluding hydrogens is 301 g/mol. The molecule has 23 heavy (non-hydrogen) atoms. The number of rotatable bonds is 6. The molecule has 5 nitrogen and oxygen atoms in total. The monoisotopic (exact) mass is 323 g/mol. The second-order valence-corrected chi connectivity index (χ2v) is 6.17. The van der Waals surface area contributed by atoms with Gasteiger partial charge in [0, 0.05) is 6.42 Å². The van der Waals surface area contributed by atoms with Crippen molar-refractivity contribution in [1.29, 1.82) is 0 Å². The molecule has 1 aromatic rings. The average Bonchev–Trinajstić information content (AvgIpc) is 2.91. The van der Waals surface area contributed by atoms with Crippen LogP contribution in [0.2, 0.25) is 0 Å².